The lowest BCUT2D eigenvalue weighted by molar-refractivity contribution is -0.126. The summed E-state index contributed by atoms with van der Waals surface area (Å²) in [6.07, 6.45) is 5.88. The number of anilines is 1. The summed E-state index contributed by atoms with van der Waals surface area (Å²) in [7, 11) is 0. The van der Waals surface area contributed by atoms with Gasteiger partial charge in [0, 0.05) is 44.0 Å². The van der Waals surface area contributed by atoms with Crippen molar-refractivity contribution in [2.24, 2.45) is 5.92 Å². The fourth-order valence-corrected chi connectivity index (χ4v) is 3.09. The fourth-order valence-electron chi connectivity index (χ4n) is 3.09. The summed E-state index contributed by atoms with van der Waals surface area (Å²) < 4.78 is 5.54. The predicted molar refractivity (Wildman–Crippen MR) is 83.7 cm³/mol. The van der Waals surface area contributed by atoms with E-state index in [0.29, 0.717) is 6.54 Å². The Balaban J connectivity index is 1.45. The van der Waals surface area contributed by atoms with Crippen LogP contribution in [-0.2, 0) is 9.53 Å². The lowest BCUT2D eigenvalue weighted by atomic mass is 9.96. The van der Waals surface area contributed by atoms with E-state index < -0.39 is 0 Å². The molecule has 1 aromatic heterocycles. The van der Waals surface area contributed by atoms with Gasteiger partial charge in [0.2, 0.25) is 11.9 Å². The van der Waals surface area contributed by atoms with Crippen molar-refractivity contribution >= 4 is 11.9 Å². The molecule has 120 valence electrons. The molecule has 1 unspecified atom stereocenters. The molecule has 2 saturated heterocycles. The molecule has 6 heteroatoms. The van der Waals surface area contributed by atoms with Crippen molar-refractivity contribution in [2.45, 2.75) is 38.7 Å². The van der Waals surface area contributed by atoms with Gasteiger partial charge in [-0.3, -0.25) is 4.79 Å². The zero-order valence-corrected chi connectivity index (χ0v) is 13.1. The molecule has 0 spiro atoms. The molecule has 3 rings (SSSR count). The standard InChI is InChI=1S/C16H24N4O2/c1-12-4-7-17-16(19-12)20-8-5-13(6-9-20)15(21)18-11-14-3-2-10-22-14/h4,7,13-14H,2-3,5-6,8-11H2,1H3,(H,18,21). The highest BCUT2D eigenvalue weighted by Gasteiger charge is 2.27. The summed E-state index contributed by atoms with van der Waals surface area (Å²) in [5.41, 5.74) is 0.974. The maximum atomic E-state index is 12.2. The van der Waals surface area contributed by atoms with Gasteiger partial charge >= 0.3 is 0 Å². The normalized spacial score (nSPS) is 22.8. The molecule has 3 heterocycles. The van der Waals surface area contributed by atoms with Gasteiger partial charge in [-0.25, -0.2) is 9.97 Å². The number of rotatable bonds is 4. The molecular formula is C16H24N4O2. The molecule has 0 bridgehead atoms. The number of carbonyl (C=O) groups is 1. The first-order valence-electron chi connectivity index (χ1n) is 8.16. The van der Waals surface area contributed by atoms with Gasteiger partial charge in [0.1, 0.15) is 0 Å². The summed E-state index contributed by atoms with van der Waals surface area (Å²) >= 11 is 0. The van der Waals surface area contributed by atoms with E-state index in [1.54, 1.807) is 6.20 Å². The Morgan fingerprint density at radius 2 is 2.23 bits per heavy atom. The fraction of sp³-hybridized carbons (Fsp3) is 0.688. The second-order valence-corrected chi connectivity index (χ2v) is 6.14. The number of carbonyl (C=O) groups excluding carboxylic acids is 1. The van der Waals surface area contributed by atoms with Crippen LogP contribution in [0.15, 0.2) is 12.3 Å². The molecule has 22 heavy (non-hydrogen) atoms. The van der Waals surface area contributed by atoms with Crippen molar-refractivity contribution < 1.29 is 9.53 Å². The number of ether oxygens (including phenoxy) is 1. The SMILES string of the molecule is Cc1ccnc(N2CCC(C(=O)NCC3CCCO3)CC2)n1. The molecule has 2 aliphatic rings. The highest BCUT2D eigenvalue weighted by atomic mass is 16.5. The molecule has 0 aliphatic carbocycles. The summed E-state index contributed by atoms with van der Waals surface area (Å²) in [5.74, 6) is 1.04. The maximum absolute atomic E-state index is 12.2. The Morgan fingerprint density at radius 1 is 1.41 bits per heavy atom. The second kappa shape index (κ2) is 7.05. The van der Waals surface area contributed by atoms with Crippen LogP contribution >= 0.6 is 0 Å². The number of nitrogens with zero attached hydrogens (tertiary/aromatic N) is 3. The minimum absolute atomic E-state index is 0.0995. The van der Waals surface area contributed by atoms with Gasteiger partial charge in [-0.1, -0.05) is 0 Å². The van der Waals surface area contributed by atoms with E-state index in [1.165, 1.54) is 0 Å². The Bertz CT molecular complexity index is 509. The van der Waals surface area contributed by atoms with Crippen molar-refractivity contribution in [2.75, 3.05) is 31.1 Å². The molecule has 2 fully saturated rings. The molecule has 2 aliphatic heterocycles. The van der Waals surface area contributed by atoms with Crippen molar-refractivity contribution in [3.05, 3.63) is 18.0 Å². The van der Waals surface area contributed by atoms with E-state index in [0.717, 1.165) is 57.0 Å². The predicted octanol–water partition coefficient (Wildman–Crippen LogP) is 1.30. The summed E-state index contributed by atoms with van der Waals surface area (Å²) in [6.45, 7) is 5.12. The van der Waals surface area contributed by atoms with E-state index in [-0.39, 0.29) is 17.9 Å². The maximum Gasteiger partial charge on any atom is 0.225 e. The van der Waals surface area contributed by atoms with E-state index in [2.05, 4.69) is 20.2 Å². The third-order valence-corrected chi connectivity index (χ3v) is 4.46. The summed E-state index contributed by atoms with van der Waals surface area (Å²) in [5, 5.41) is 3.04. The minimum atomic E-state index is 0.0995. The zero-order chi connectivity index (χ0) is 15.4. The van der Waals surface area contributed by atoms with Crippen LogP contribution in [0.5, 0.6) is 0 Å². The van der Waals surface area contributed by atoms with E-state index in [4.69, 9.17) is 4.74 Å². The third-order valence-electron chi connectivity index (χ3n) is 4.46. The van der Waals surface area contributed by atoms with Gasteiger partial charge in [-0.05, 0) is 38.7 Å². The zero-order valence-electron chi connectivity index (χ0n) is 13.1. The van der Waals surface area contributed by atoms with Crippen LogP contribution in [0.4, 0.5) is 5.95 Å². The van der Waals surface area contributed by atoms with Crippen LogP contribution in [-0.4, -0.2) is 48.2 Å². The van der Waals surface area contributed by atoms with Gasteiger partial charge in [0.05, 0.1) is 6.10 Å². The number of nitrogens with one attached hydrogen (secondary N) is 1. The molecule has 1 aromatic rings. The minimum Gasteiger partial charge on any atom is -0.376 e. The molecule has 0 saturated carbocycles. The first-order valence-corrected chi connectivity index (χ1v) is 8.16. The molecule has 1 atom stereocenters. The second-order valence-electron chi connectivity index (χ2n) is 6.14. The largest absolute Gasteiger partial charge is 0.376 e. The number of piperidine rings is 1. The Morgan fingerprint density at radius 3 is 2.91 bits per heavy atom. The van der Waals surface area contributed by atoms with Gasteiger partial charge in [-0.2, -0.15) is 0 Å². The molecular weight excluding hydrogens is 280 g/mol. The average molecular weight is 304 g/mol. The van der Waals surface area contributed by atoms with Gasteiger partial charge in [0.15, 0.2) is 0 Å². The van der Waals surface area contributed by atoms with Gasteiger partial charge in [0.25, 0.3) is 0 Å². The lowest BCUT2D eigenvalue weighted by Gasteiger charge is -2.31. The molecule has 0 radical (unpaired) electrons. The quantitative estimate of drug-likeness (QED) is 0.908. The van der Waals surface area contributed by atoms with Crippen molar-refractivity contribution in [3.63, 3.8) is 0 Å². The number of amides is 1. The van der Waals surface area contributed by atoms with Gasteiger partial charge < -0.3 is 15.0 Å². The number of aromatic nitrogens is 2. The van der Waals surface area contributed by atoms with Crippen molar-refractivity contribution in [3.8, 4) is 0 Å². The van der Waals surface area contributed by atoms with Crippen molar-refractivity contribution in [1.82, 2.24) is 15.3 Å². The summed E-state index contributed by atoms with van der Waals surface area (Å²) in [4.78, 5) is 23.2. The Labute approximate surface area is 131 Å². The number of hydrogen-bond acceptors (Lipinski definition) is 5. The lowest BCUT2D eigenvalue weighted by Crippen LogP contribution is -2.42. The first kappa shape index (κ1) is 15.2. The number of hydrogen-bond donors (Lipinski definition) is 1. The van der Waals surface area contributed by atoms with Crippen LogP contribution in [0, 0.1) is 12.8 Å². The van der Waals surface area contributed by atoms with E-state index in [9.17, 15) is 4.79 Å². The first-order chi connectivity index (χ1) is 10.7. The van der Waals surface area contributed by atoms with Crippen LogP contribution in [0.3, 0.4) is 0 Å². The topological polar surface area (TPSA) is 67.4 Å². The van der Waals surface area contributed by atoms with Crippen LogP contribution < -0.4 is 10.2 Å². The Kier molecular flexibility index (Phi) is 4.87. The monoisotopic (exact) mass is 304 g/mol. The molecule has 0 aromatic carbocycles. The van der Waals surface area contributed by atoms with Crippen LogP contribution in [0.25, 0.3) is 0 Å². The summed E-state index contributed by atoms with van der Waals surface area (Å²) in [6, 6.07) is 1.90. The highest BCUT2D eigenvalue weighted by Crippen LogP contribution is 2.21. The molecule has 1 amide bonds. The smallest absolute Gasteiger partial charge is 0.225 e. The average Bonchev–Trinajstić information content (AvgIpc) is 3.06. The van der Waals surface area contributed by atoms with Crippen LogP contribution in [0.2, 0.25) is 0 Å². The number of aryl methyl sites for hydroxylation is 1. The van der Waals surface area contributed by atoms with E-state index >= 15 is 0 Å². The molecule has 1 N–H and O–H groups in total. The van der Waals surface area contributed by atoms with Crippen LogP contribution in [0.1, 0.15) is 31.4 Å². The third kappa shape index (κ3) is 3.74. The molecule has 6 nitrogen and oxygen atoms in total. The Hall–Kier alpha value is -1.69. The van der Waals surface area contributed by atoms with E-state index in [1.807, 2.05) is 13.0 Å². The van der Waals surface area contributed by atoms with Gasteiger partial charge in [-0.15, -0.1) is 0 Å². The highest BCUT2D eigenvalue weighted by molar-refractivity contribution is 5.79. The van der Waals surface area contributed by atoms with Crippen molar-refractivity contribution in [1.29, 1.82) is 0 Å².